The van der Waals surface area contributed by atoms with Crippen LogP contribution in [0.1, 0.15) is 50.2 Å². The predicted octanol–water partition coefficient (Wildman–Crippen LogP) is 6.24. The number of nitrogens with one attached hydrogen (secondary N) is 1. The maximum atomic E-state index is 5.74. The van der Waals surface area contributed by atoms with Crippen LogP contribution >= 0.6 is 11.3 Å². The number of H-pyrrole nitrogens is 1. The first-order valence-electron chi connectivity index (χ1n) is 9.91. The van der Waals surface area contributed by atoms with Crippen molar-refractivity contribution >= 4 is 32.5 Å². The predicted molar refractivity (Wildman–Crippen MR) is 118 cm³/mol. The molecule has 4 aromatic rings. The Morgan fingerprint density at radius 3 is 2.78 bits per heavy atom. The van der Waals surface area contributed by atoms with E-state index in [1.165, 1.54) is 32.4 Å². The van der Waals surface area contributed by atoms with Gasteiger partial charge in [0.1, 0.15) is 5.01 Å². The van der Waals surface area contributed by atoms with Gasteiger partial charge >= 0.3 is 0 Å². The van der Waals surface area contributed by atoms with E-state index in [0.717, 1.165) is 42.8 Å². The first-order chi connectivity index (χ1) is 13.2. The van der Waals surface area contributed by atoms with E-state index in [4.69, 9.17) is 10.7 Å². The largest absolute Gasteiger partial charge is 0.352 e. The standard InChI is InChI=1S/C23H27N3S/c1-3-15(2)16-11-12-19-18(14-16)17(8-6-7-13-24)22(25-19)23-26-20-9-4-5-10-21(20)27-23/h4-5,9-12,14-15,25H,3,6-8,13,24H2,1-2H3. The Morgan fingerprint density at radius 1 is 1.15 bits per heavy atom. The molecule has 4 heteroatoms. The minimum Gasteiger partial charge on any atom is -0.352 e. The molecular weight excluding hydrogens is 350 g/mol. The average molecular weight is 378 g/mol. The molecular formula is C23H27N3S. The second-order valence-electron chi connectivity index (χ2n) is 7.33. The monoisotopic (exact) mass is 377 g/mol. The van der Waals surface area contributed by atoms with E-state index in [2.05, 4.69) is 61.3 Å². The van der Waals surface area contributed by atoms with Crippen LogP contribution in [0.3, 0.4) is 0 Å². The molecule has 1 atom stereocenters. The number of nitrogens with zero attached hydrogens (tertiary/aromatic N) is 1. The van der Waals surface area contributed by atoms with Gasteiger partial charge in [-0.15, -0.1) is 11.3 Å². The van der Waals surface area contributed by atoms with Gasteiger partial charge in [-0.1, -0.05) is 32.0 Å². The summed E-state index contributed by atoms with van der Waals surface area (Å²) >= 11 is 1.77. The molecule has 27 heavy (non-hydrogen) atoms. The molecule has 4 rings (SSSR count). The van der Waals surface area contributed by atoms with Gasteiger partial charge in [-0.05, 0) is 73.5 Å². The van der Waals surface area contributed by atoms with Gasteiger partial charge in [0.2, 0.25) is 0 Å². The molecule has 0 radical (unpaired) electrons. The molecule has 0 saturated heterocycles. The topological polar surface area (TPSA) is 54.7 Å². The molecule has 0 aliphatic heterocycles. The third-order valence-corrected chi connectivity index (χ3v) is 6.55. The number of rotatable bonds is 7. The number of para-hydroxylation sites is 1. The number of thiazole rings is 1. The number of fused-ring (bicyclic) bond motifs is 2. The van der Waals surface area contributed by atoms with Crippen molar-refractivity contribution in [3.63, 3.8) is 0 Å². The van der Waals surface area contributed by atoms with Crippen LogP contribution in [0, 0.1) is 0 Å². The molecule has 3 N–H and O–H groups in total. The smallest absolute Gasteiger partial charge is 0.141 e. The van der Waals surface area contributed by atoms with Gasteiger partial charge < -0.3 is 10.7 Å². The maximum Gasteiger partial charge on any atom is 0.141 e. The van der Waals surface area contributed by atoms with E-state index in [-0.39, 0.29) is 0 Å². The van der Waals surface area contributed by atoms with Crippen LogP contribution in [-0.4, -0.2) is 16.5 Å². The third kappa shape index (κ3) is 3.52. The lowest BCUT2D eigenvalue weighted by Gasteiger charge is -2.09. The maximum absolute atomic E-state index is 5.74. The van der Waals surface area contributed by atoms with E-state index in [0.29, 0.717) is 5.92 Å². The number of hydrogen-bond donors (Lipinski definition) is 2. The van der Waals surface area contributed by atoms with Crippen molar-refractivity contribution < 1.29 is 0 Å². The highest BCUT2D eigenvalue weighted by atomic mass is 32.1. The van der Waals surface area contributed by atoms with E-state index >= 15 is 0 Å². The summed E-state index contributed by atoms with van der Waals surface area (Å²) in [6.45, 7) is 5.30. The van der Waals surface area contributed by atoms with Crippen LogP contribution in [0.4, 0.5) is 0 Å². The van der Waals surface area contributed by atoms with E-state index in [1.807, 2.05) is 0 Å². The summed E-state index contributed by atoms with van der Waals surface area (Å²) in [5.41, 5.74) is 12.0. The second-order valence-corrected chi connectivity index (χ2v) is 8.36. The van der Waals surface area contributed by atoms with Crippen LogP contribution in [0.15, 0.2) is 42.5 Å². The summed E-state index contributed by atoms with van der Waals surface area (Å²) in [4.78, 5) is 8.57. The summed E-state index contributed by atoms with van der Waals surface area (Å²) in [6, 6.07) is 15.3. The quantitative estimate of drug-likeness (QED) is 0.375. The second kappa shape index (κ2) is 7.83. The highest BCUT2D eigenvalue weighted by Crippen LogP contribution is 2.37. The van der Waals surface area contributed by atoms with Gasteiger partial charge in [0.15, 0.2) is 0 Å². The summed E-state index contributed by atoms with van der Waals surface area (Å²) in [6.07, 6.45) is 4.35. The number of aryl methyl sites for hydroxylation is 1. The molecule has 0 saturated carbocycles. The Hall–Kier alpha value is -2.17. The molecule has 2 aromatic carbocycles. The molecule has 0 amide bonds. The van der Waals surface area contributed by atoms with Crippen molar-refractivity contribution in [1.29, 1.82) is 0 Å². The molecule has 2 heterocycles. The van der Waals surface area contributed by atoms with Crippen molar-refractivity contribution in [1.82, 2.24) is 9.97 Å². The van der Waals surface area contributed by atoms with E-state index in [1.54, 1.807) is 11.3 Å². The van der Waals surface area contributed by atoms with Crippen LogP contribution in [0.25, 0.3) is 31.8 Å². The minimum atomic E-state index is 0.576. The lowest BCUT2D eigenvalue weighted by molar-refractivity contribution is 0.734. The molecule has 140 valence electrons. The fourth-order valence-corrected chi connectivity index (χ4v) is 4.67. The highest BCUT2D eigenvalue weighted by Gasteiger charge is 2.17. The van der Waals surface area contributed by atoms with E-state index < -0.39 is 0 Å². The zero-order valence-corrected chi connectivity index (χ0v) is 16.9. The fraction of sp³-hybridized carbons (Fsp3) is 0.348. The number of hydrogen-bond acceptors (Lipinski definition) is 3. The lowest BCUT2D eigenvalue weighted by Crippen LogP contribution is -1.99. The summed E-state index contributed by atoms with van der Waals surface area (Å²) in [7, 11) is 0. The average Bonchev–Trinajstić information content (AvgIpc) is 3.28. The molecule has 0 aliphatic carbocycles. The Kier molecular flexibility index (Phi) is 5.28. The van der Waals surface area contributed by atoms with Crippen molar-refractivity contribution in [3.05, 3.63) is 53.6 Å². The highest BCUT2D eigenvalue weighted by molar-refractivity contribution is 7.21. The van der Waals surface area contributed by atoms with Crippen LogP contribution in [-0.2, 0) is 6.42 Å². The van der Waals surface area contributed by atoms with Crippen molar-refractivity contribution in [3.8, 4) is 10.7 Å². The van der Waals surface area contributed by atoms with E-state index in [9.17, 15) is 0 Å². The van der Waals surface area contributed by atoms with Gasteiger partial charge in [-0.2, -0.15) is 0 Å². The van der Waals surface area contributed by atoms with Crippen molar-refractivity contribution in [2.45, 2.75) is 45.4 Å². The van der Waals surface area contributed by atoms with Crippen molar-refractivity contribution in [2.75, 3.05) is 6.54 Å². The summed E-state index contributed by atoms with van der Waals surface area (Å²) < 4.78 is 1.24. The molecule has 2 aromatic heterocycles. The summed E-state index contributed by atoms with van der Waals surface area (Å²) in [5.74, 6) is 0.576. The minimum absolute atomic E-state index is 0.576. The Balaban J connectivity index is 1.85. The fourth-order valence-electron chi connectivity index (χ4n) is 3.68. The van der Waals surface area contributed by atoms with Crippen LogP contribution in [0.2, 0.25) is 0 Å². The van der Waals surface area contributed by atoms with Crippen LogP contribution in [0.5, 0.6) is 0 Å². The Bertz CT molecular complexity index is 1030. The number of aromatic amines is 1. The zero-order valence-electron chi connectivity index (χ0n) is 16.1. The van der Waals surface area contributed by atoms with Crippen LogP contribution < -0.4 is 5.73 Å². The van der Waals surface area contributed by atoms with Gasteiger partial charge in [0.05, 0.1) is 15.9 Å². The first kappa shape index (κ1) is 18.2. The Labute approximate surface area is 164 Å². The number of aromatic nitrogens is 2. The summed E-state index contributed by atoms with van der Waals surface area (Å²) in [5, 5.41) is 2.43. The SMILES string of the molecule is CCC(C)c1ccc2[nH]c(-c3nc4ccccc4s3)c(CCCCN)c2c1. The number of benzene rings is 2. The molecule has 3 nitrogen and oxygen atoms in total. The molecule has 1 unspecified atom stereocenters. The number of unbranched alkanes of at least 4 members (excludes halogenated alkanes) is 1. The molecule has 0 bridgehead atoms. The zero-order chi connectivity index (χ0) is 18.8. The normalized spacial score (nSPS) is 12.9. The first-order valence-corrected chi connectivity index (χ1v) is 10.7. The van der Waals surface area contributed by atoms with Crippen molar-refractivity contribution in [2.24, 2.45) is 5.73 Å². The van der Waals surface area contributed by atoms with Gasteiger partial charge in [0, 0.05) is 10.9 Å². The van der Waals surface area contributed by atoms with Gasteiger partial charge in [-0.25, -0.2) is 4.98 Å². The molecule has 0 aliphatic rings. The third-order valence-electron chi connectivity index (χ3n) is 5.50. The molecule has 0 spiro atoms. The Morgan fingerprint density at radius 2 is 2.00 bits per heavy atom. The number of nitrogens with two attached hydrogens (primary N) is 1. The molecule has 0 fully saturated rings. The lowest BCUT2D eigenvalue weighted by atomic mass is 9.95. The van der Waals surface area contributed by atoms with Gasteiger partial charge in [-0.3, -0.25) is 0 Å². The van der Waals surface area contributed by atoms with Gasteiger partial charge in [0.25, 0.3) is 0 Å².